The predicted octanol–water partition coefficient (Wildman–Crippen LogP) is 4.40. The summed E-state index contributed by atoms with van der Waals surface area (Å²) in [4.78, 5) is 25.2. The van der Waals surface area contributed by atoms with Gasteiger partial charge in [0.1, 0.15) is 11.3 Å². The van der Waals surface area contributed by atoms with Crippen LogP contribution in [0.5, 0.6) is 5.75 Å². The lowest BCUT2D eigenvalue weighted by atomic mass is 9.86. The van der Waals surface area contributed by atoms with Gasteiger partial charge in [-0.15, -0.1) is 0 Å². The van der Waals surface area contributed by atoms with Crippen molar-refractivity contribution in [2.45, 2.75) is 53.2 Å². The van der Waals surface area contributed by atoms with Gasteiger partial charge in [-0.05, 0) is 43.9 Å². The molecule has 0 amide bonds. The molecule has 33 heavy (non-hydrogen) atoms. The molecule has 180 valence electrons. The van der Waals surface area contributed by atoms with E-state index in [0.717, 1.165) is 41.0 Å². The Hall–Kier alpha value is -2.64. The molecule has 2 aromatic rings. The molecule has 0 bridgehead atoms. The largest absolute Gasteiger partial charge is 0.493 e. The Morgan fingerprint density at radius 1 is 1.15 bits per heavy atom. The fourth-order valence-electron chi connectivity index (χ4n) is 4.20. The Kier molecular flexibility index (Phi) is 8.69. The van der Waals surface area contributed by atoms with Gasteiger partial charge in [0.2, 0.25) is 0 Å². The van der Waals surface area contributed by atoms with Gasteiger partial charge >= 0.3 is 5.97 Å². The summed E-state index contributed by atoms with van der Waals surface area (Å²) < 4.78 is 24.1. The van der Waals surface area contributed by atoms with E-state index < -0.39 is 5.97 Å². The fraction of sp³-hybridized carbons (Fsp3) is 0.538. The maximum Gasteiger partial charge on any atom is 0.343 e. The van der Waals surface area contributed by atoms with E-state index in [9.17, 15) is 9.59 Å². The van der Waals surface area contributed by atoms with Crippen molar-refractivity contribution in [1.82, 2.24) is 4.57 Å². The number of methoxy groups -OCH3 is 1. The number of carbonyl (C=O) groups excluding carboxylic acids is 1. The molecular formula is C26H35NO6. The molecule has 0 spiro atoms. The van der Waals surface area contributed by atoms with E-state index in [-0.39, 0.29) is 23.6 Å². The number of nitrogens with zero attached hydrogens (tertiary/aromatic N) is 1. The van der Waals surface area contributed by atoms with E-state index in [1.165, 1.54) is 0 Å². The van der Waals surface area contributed by atoms with E-state index in [1.54, 1.807) is 26.3 Å². The second-order valence-corrected chi connectivity index (χ2v) is 8.53. The summed E-state index contributed by atoms with van der Waals surface area (Å²) in [5, 5.41) is 0. The van der Waals surface area contributed by atoms with Gasteiger partial charge in [0.15, 0.2) is 5.43 Å². The van der Waals surface area contributed by atoms with Crippen LogP contribution in [0.2, 0.25) is 0 Å². The number of benzene rings is 1. The molecule has 1 aromatic heterocycles. The Morgan fingerprint density at radius 3 is 2.61 bits per heavy atom. The number of ether oxygens (including phenoxy) is 4. The van der Waals surface area contributed by atoms with Crippen LogP contribution in [0.15, 0.2) is 29.2 Å². The van der Waals surface area contributed by atoms with Gasteiger partial charge in [0.05, 0.1) is 25.5 Å². The van der Waals surface area contributed by atoms with Crippen molar-refractivity contribution in [3.8, 4) is 17.0 Å². The van der Waals surface area contributed by atoms with E-state index >= 15 is 0 Å². The average molecular weight is 458 g/mol. The third-order valence-electron chi connectivity index (χ3n) is 5.91. The zero-order valence-electron chi connectivity index (χ0n) is 20.3. The van der Waals surface area contributed by atoms with Gasteiger partial charge < -0.3 is 23.5 Å². The number of pyridine rings is 1. The number of aromatic nitrogens is 1. The van der Waals surface area contributed by atoms with E-state index in [1.807, 2.05) is 6.92 Å². The average Bonchev–Trinajstić information content (AvgIpc) is 2.79. The summed E-state index contributed by atoms with van der Waals surface area (Å²) >= 11 is 0. The minimum Gasteiger partial charge on any atom is -0.493 e. The first-order valence-electron chi connectivity index (χ1n) is 11.7. The van der Waals surface area contributed by atoms with E-state index in [2.05, 4.69) is 30.5 Å². The maximum atomic E-state index is 12.8. The summed E-state index contributed by atoms with van der Waals surface area (Å²) in [5.41, 5.74) is 3.57. The van der Waals surface area contributed by atoms with Gasteiger partial charge in [-0.25, -0.2) is 4.79 Å². The second-order valence-electron chi connectivity index (χ2n) is 8.53. The van der Waals surface area contributed by atoms with Crippen molar-refractivity contribution in [1.29, 1.82) is 0 Å². The van der Waals surface area contributed by atoms with Gasteiger partial charge in [0, 0.05) is 56.2 Å². The SMILES string of the molecule is CCOCc1cc2c(cc1OCCCOC)CC(C(C)C)n1cc(C(=O)OCC)c(=O)cc1-2. The zero-order valence-corrected chi connectivity index (χ0v) is 20.3. The molecule has 1 atom stereocenters. The molecule has 7 heteroatoms. The maximum absolute atomic E-state index is 12.8. The molecule has 0 saturated heterocycles. The summed E-state index contributed by atoms with van der Waals surface area (Å²) in [6.07, 6.45) is 3.24. The Balaban J connectivity index is 2.10. The van der Waals surface area contributed by atoms with E-state index in [4.69, 9.17) is 18.9 Å². The molecule has 3 rings (SSSR count). The lowest BCUT2D eigenvalue weighted by Crippen LogP contribution is -2.28. The van der Waals surface area contributed by atoms with Crippen LogP contribution in [0.3, 0.4) is 0 Å². The normalized spacial score (nSPS) is 14.7. The molecule has 7 nitrogen and oxygen atoms in total. The van der Waals surface area contributed by atoms with Gasteiger partial charge in [-0.3, -0.25) is 4.79 Å². The number of fused-ring (bicyclic) bond motifs is 3. The van der Waals surface area contributed by atoms with Crippen LogP contribution < -0.4 is 10.2 Å². The van der Waals surface area contributed by atoms with Gasteiger partial charge in [0.25, 0.3) is 0 Å². The Morgan fingerprint density at radius 2 is 1.94 bits per heavy atom. The number of hydrogen-bond acceptors (Lipinski definition) is 6. The third kappa shape index (κ3) is 5.65. The molecule has 0 fully saturated rings. The lowest BCUT2D eigenvalue weighted by Gasteiger charge is -2.34. The molecule has 1 unspecified atom stereocenters. The summed E-state index contributed by atoms with van der Waals surface area (Å²) in [6, 6.07) is 5.80. The standard InChI is InChI=1S/C26H35NO6/c1-6-31-16-19-11-20-18(13-25(19)33-10-8-9-30-5)12-22(17(3)4)27-15-21(26(29)32-7-2)24(28)14-23(20)27/h11,13-15,17,22H,6-10,12,16H2,1-5H3. The topological polar surface area (TPSA) is 76.0 Å². The highest BCUT2D eigenvalue weighted by Crippen LogP contribution is 2.40. The van der Waals surface area contributed by atoms with Crippen LogP contribution in [-0.2, 0) is 27.2 Å². The first-order valence-corrected chi connectivity index (χ1v) is 11.7. The van der Waals surface area contributed by atoms with Crippen molar-refractivity contribution in [2.75, 3.05) is 33.5 Å². The van der Waals surface area contributed by atoms with Crippen LogP contribution in [-0.4, -0.2) is 44.1 Å². The third-order valence-corrected chi connectivity index (χ3v) is 5.91. The monoisotopic (exact) mass is 457 g/mol. The minimum absolute atomic E-state index is 0.0716. The molecular weight excluding hydrogens is 422 g/mol. The van der Waals surface area contributed by atoms with Crippen molar-refractivity contribution >= 4 is 5.97 Å². The van der Waals surface area contributed by atoms with Crippen LogP contribution in [0.4, 0.5) is 0 Å². The summed E-state index contributed by atoms with van der Waals surface area (Å²) in [5.74, 6) is 0.520. The van der Waals surface area contributed by atoms with Crippen molar-refractivity contribution in [3.63, 3.8) is 0 Å². The van der Waals surface area contributed by atoms with Crippen molar-refractivity contribution in [2.24, 2.45) is 5.92 Å². The van der Waals surface area contributed by atoms with Crippen molar-refractivity contribution in [3.05, 3.63) is 51.3 Å². The minimum atomic E-state index is -0.581. The molecule has 0 aliphatic carbocycles. The number of hydrogen-bond donors (Lipinski definition) is 0. The highest BCUT2D eigenvalue weighted by molar-refractivity contribution is 5.89. The molecule has 1 aliphatic rings. The van der Waals surface area contributed by atoms with Crippen LogP contribution in [0.1, 0.15) is 61.6 Å². The highest BCUT2D eigenvalue weighted by atomic mass is 16.5. The summed E-state index contributed by atoms with van der Waals surface area (Å²) in [7, 11) is 1.68. The molecule has 1 aromatic carbocycles. The highest BCUT2D eigenvalue weighted by Gasteiger charge is 2.29. The molecule has 2 heterocycles. The number of carbonyl (C=O) groups is 1. The molecule has 1 aliphatic heterocycles. The van der Waals surface area contributed by atoms with Crippen LogP contribution in [0, 0.1) is 5.92 Å². The first-order chi connectivity index (χ1) is 15.9. The van der Waals surface area contributed by atoms with Crippen LogP contribution >= 0.6 is 0 Å². The fourth-order valence-corrected chi connectivity index (χ4v) is 4.20. The Bertz CT molecular complexity index is 1030. The number of esters is 1. The van der Waals surface area contributed by atoms with Crippen molar-refractivity contribution < 1.29 is 23.7 Å². The van der Waals surface area contributed by atoms with Crippen LogP contribution in [0.25, 0.3) is 11.3 Å². The smallest absolute Gasteiger partial charge is 0.343 e. The zero-order chi connectivity index (χ0) is 24.0. The quantitative estimate of drug-likeness (QED) is 0.368. The van der Waals surface area contributed by atoms with E-state index in [0.29, 0.717) is 32.3 Å². The number of rotatable bonds is 11. The molecule has 0 saturated carbocycles. The summed E-state index contributed by atoms with van der Waals surface area (Å²) in [6.45, 7) is 10.4. The van der Waals surface area contributed by atoms with Gasteiger partial charge in [-0.1, -0.05) is 13.8 Å². The van der Waals surface area contributed by atoms with Gasteiger partial charge in [-0.2, -0.15) is 0 Å². The predicted molar refractivity (Wildman–Crippen MR) is 127 cm³/mol. The lowest BCUT2D eigenvalue weighted by molar-refractivity contribution is 0.0523. The Labute approximate surface area is 195 Å². The molecule has 0 N–H and O–H groups in total. The second kappa shape index (κ2) is 11.5. The first kappa shape index (κ1) is 25.0. The molecule has 0 radical (unpaired) electrons.